The van der Waals surface area contributed by atoms with Crippen molar-refractivity contribution in [3.63, 3.8) is 0 Å². The lowest BCUT2D eigenvalue weighted by Crippen LogP contribution is -2.36. The molecule has 2 heteroatoms. The molecule has 0 amide bonds. The van der Waals surface area contributed by atoms with Gasteiger partial charge in [-0.2, -0.15) is 0 Å². The standard InChI is InChI=1S/C10H22ClN/c1-4-7-10(5-2)12(6-3)9-8-11/h10H,4-9H2,1-3H3/t10-/m1/s1. The maximum absolute atomic E-state index is 5.73. The van der Waals surface area contributed by atoms with E-state index >= 15 is 0 Å². The first-order valence-electron chi connectivity index (χ1n) is 5.10. The first-order chi connectivity index (χ1) is 5.79. The summed E-state index contributed by atoms with van der Waals surface area (Å²) in [7, 11) is 0. The van der Waals surface area contributed by atoms with Gasteiger partial charge in [-0.1, -0.05) is 27.2 Å². The fourth-order valence-corrected chi connectivity index (χ4v) is 1.90. The van der Waals surface area contributed by atoms with Crippen LogP contribution in [0.25, 0.3) is 0 Å². The second-order valence-corrected chi connectivity index (χ2v) is 3.55. The summed E-state index contributed by atoms with van der Waals surface area (Å²) in [4.78, 5) is 2.48. The van der Waals surface area contributed by atoms with Crippen LogP contribution < -0.4 is 0 Å². The molecule has 0 aliphatic heterocycles. The topological polar surface area (TPSA) is 3.24 Å². The molecule has 0 aliphatic rings. The first kappa shape index (κ1) is 12.2. The van der Waals surface area contributed by atoms with Gasteiger partial charge in [-0.05, 0) is 19.4 Å². The highest BCUT2D eigenvalue weighted by Gasteiger charge is 2.12. The summed E-state index contributed by atoms with van der Waals surface area (Å²) < 4.78 is 0. The zero-order valence-corrected chi connectivity index (χ0v) is 9.40. The summed E-state index contributed by atoms with van der Waals surface area (Å²) in [5.74, 6) is 0.758. The Bertz CT molecular complexity index is 83.8. The lowest BCUT2D eigenvalue weighted by atomic mass is 10.1. The average Bonchev–Trinajstić information content (AvgIpc) is 2.11. The Morgan fingerprint density at radius 2 is 1.92 bits per heavy atom. The second-order valence-electron chi connectivity index (χ2n) is 3.17. The smallest absolute Gasteiger partial charge is 0.0351 e. The van der Waals surface area contributed by atoms with E-state index in [0.29, 0.717) is 0 Å². The molecule has 0 fully saturated rings. The minimum absolute atomic E-state index is 0.749. The number of halogens is 1. The van der Waals surface area contributed by atoms with Crippen molar-refractivity contribution in [2.75, 3.05) is 19.0 Å². The molecule has 1 atom stereocenters. The lowest BCUT2D eigenvalue weighted by Gasteiger charge is -2.28. The predicted octanol–water partition coefficient (Wildman–Crippen LogP) is 3.13. The summed E-state index contributed by atoms with van der Waals surface area (Å²) >= 11 is 5.73. The van der Waals surface area contributed by atoms with Crippen LogP contribution >= 0.6 is 11.6 Å². The van der Waals surface area contributed by atoms with Gasteiger partial charge < -0.3 is 0 Å². The van der Waals surface area contributed by atoms with E-state index in [-0.39, 0.29) is 0 Å². The quantitative estimate of drug-likeness (QED) is 0.559. The molecule has 1 nitrogen and oxygen atoms in total. The van der Waals surface area contributed by atoms with Crippen molar-refractivity contribution in [3.8, 4) is 0 Å². The molecule has 0 aromatic carbocycles. The number of hydrogen-bond acceptors (Lipinski definition) is 1. The third-order valence-corrected chi connectivity index (χ3v) is 2.56. The van der Waals surface area contributed by atoms with Gasteiger partial charge in [-0.15, -0.1) is 11.6 Å². The molecule has 0 aromatic heterocycles. The predicted molar refractivity (Wildman–Crippen MR) is 57.0 cm³/mol. The third-order valence-electron chi connectivity index (χ3n) is 2.39. The highest BCUT2D eigenvalue weighted by molar-refractivity contribution is 6.18. The Hall–Kier alpha value is 0.250. The normalized spacial score (nSPS) is 13.8. The van der Waals surface area contributed by atoms with Crippen molar-refractivity contribution >= 4 is 11.6 Å². The molecule has 12 heavy (non-hydrogen) atoms. The maximum atomic E-state index is 5.73. The van der Waals surface area contributed by atoms with Gasteiger partial charge in [0.2, 0.25) is 0 Å². The zero-order chi connectivity index (χ0) is 9.40. The highest BCUT2D eigenvalue weighted by Crippen LogP contribution is 2.10. The molecule has 0 saturated heterocycles. The van der Waals surface area contributed by atoms with E-state index in [9.17, 15) is 0 Å². The minimum Gasteiger partial charge on any atom is -0.299 e. The Morgan fingerprint density at radius 1 is 1.25 bits per heavy atom. The van der Waals surface area contributed by atoms with Crippen LogP contribution in [-0.2, 0) is 0 Å². The average molecular weight is 192 g/mol. The molecule has 0 heterocycles. The van der Waals surface area contributed by atoms with E-state index in [4.69, 9.17) is 11.6 Å². The van der Waals surface area contributed by atoms with Crippen LogP contribution in [0.3, 0.4) is 0 Å². The maximum Gasteiger partial charge on any atom is 0.0351 e. The molecule has 0 aromatic rings. The number of nitrogens with zero attached hydrogens (tertiary/aromatic N) is 1. The van der Waals surface area contributed by atoms with Crippen LogP contribution in [-0.4, -0.2) is 29.9 Å². The van der Waals surface area contributed by atoms with E-state index in [2.05, 4.69) is 25.7 Å². The fraction of sp³-hybridized carbons (Fsp3) is 1.00. The summed E-state index contributed by atoms with van der Waals surface area (Å²) in [6.07, 6.45) is 3.83. The number of hydrogen-bond donors (Lipinski definition) is 0. The summed E-state index contributed by atoms with van der Waals surface area (Å²) in [5.41, 5.74) is 0. The van der Waals surface area contributed by atoms with Crippen LogP contribution in [0.15, 0.2) is 0 Å². The lowest BCUT2D eigenvalue weighted by molar-refractivity contribution is 0.201. The van der Waals surface area contributed by atoms with Crippen molar-refractivity contribution in [3.05, 3.63) is 0 Å². The van der Waals surface area contributed by atoms with E-state index in [1.807, 2.05) is 0 Å². The van der Waals surface area contributed by atoms with Gasteiger partial charge in [0.05, 0.1) is 0 Å². The van der Waals surface area contributed by atoms with Gasteiger partial charge in [0.1, 0.15) is 0 Å². The molecule has 0 spiro atoms. The monoisotopic (exact) mass is 191 g/mol. The Labute approximate surface area is 82.1 Å². The zero-order valence-electron chi connectivity index (χ0n) is 8.65. The largest absolute Gasteiger partial charge is 0.299 e. The molecule has 74 valence electrons. The van der Waals surface area contributed by atoms with Crippen molar-refractivity contribution in [1.82, 2.24) is 4.90 Å². The molecule has 0 bridgehead atoms. The molecule has 0 radical (unpaired) electrons. The fourth-order valence-electron chi connectivity index (χ4n) is 1.69. The molecule has 0 N–H and O–H groups in total. The van der Waals surface area contributed by atoms with E-state index < -0.39 is 0 Å². The number of alkyl halides is 1. The molecular formula is C10H22ClN. The second kappa shape index (κ2) is 7.88. The van der Waals surface area contributed by atoms with Crippen LogP contribution in [0.5, 0.6) is 0 Å². The first-order valence-corrected chi connectivity index (χ1v) is 5.63. The van der Waals surface area contributed by atoms with Crippen molar-refractivity contribution in [2.45, 2.75) is 46.1 Å². The van der Waals surface area contributed by atoms with Crippen LogP contribution in [0.4, 0.5) is 0 Å². The highest BCUT2D eigenvalue weighted by atomic mass is 35.5. The van der Waals surface area contributed by atoms with E-state index in [1.165, 1.54) is 19.3 Å². The van der Waals surface area contributed by atoms with Gasteiger partial charge in [-0.3, -0.25) is 4.90 Å². The van der Waals surface area contributed by atoms with Crippen LogP contribution in [0, 0.1) is 0 Å². The van der Waals surface area contributed by atoms with Crippen molar-refractivity contribution in [1.29, 1.82) is 0 Å². The molecule has 0 rings (SSSR count). The van der Waals surface area contributed by atoms with Gasteiger partial charge in [0, 0.05) is 18.5 Å². The van der Waals surface area contributed by atoms with Gasteiger partial charge in [0.15, 0.2) is 0 Å². The van der Waals surface area contributed by atoms with Crippen molar-refractivity contribution < 1.29 is 0 Å². The summed E-state index contributed by atoms with van der Waals surface area (Å²) in [6, 6.07) is 0.749. The molecule has 0 aliphatic carbocycles. The van der Waals surface area contributed by atoms with Crippen LogP contribution in [0.1, 0.15) is 40.0 Å². The van der Waals surface area contributed by atoms with E-state index in [1.54, 1.807) is 0 Å². The van der Waals surface area contributed by atoms with Gasteiger partial charge in [-0.25, -0.2) is 0 Å². The van der Waals surface area contributed by atoms with Crippen LogP contribution in [0.2, 0.25) is 0 Å². The van der Waals surface area contributed by atoms with Gasteiger partial charge in [0.25, 0.3) is 0 Å². The Balaban J connectivity index is 3.84. The summed E-state index contributed by atoms with van der Waals surface area (Å²) in [5, 5.41) is 0. The van der Waals surface area contributed by atoms with Crippen molar-refractivity contribution in [2.24, 2.45) is 0 Å². The molecule has 0 unspecified atom stereocenters. The SMILES string of the molecule is CCC[C@@H](CC)N(CC)CCCl. The van der Waals surface area contributed by atoms with E-state index in [0.717, 1.165) is 25.0 Å². The minimum atomic E-state index is 0.749. The summed E-state index contributed by atoms with van der Waals surface area (Å²) in [6.45, 7) is 8.89. The number of rotatable bonds is 7. The Kier molecular flexibility index (Phi) is 8.04. The Morgan fingerprint density at radius 3 is 2.25 bits per heavy atom. The molecular weight excluding hydrogens is 170 g/mol. The van der Waals surface area contributed by atoms with Gasteiger partial charge >= 0.3 is 0 Å². The third kappa shape index (κ3) is 4.32. The molecule has 0 saturated carbocycles.